The van der Waals surface area contributed by atoms with Gasteiger partial charge in [0.15, 0.2) is 0 Å². The van der Waals surface area contributed by atoms with Gasteiger partial charge in [-0.15, -0.1) is 0 Å². The van der Waals surface area contributed by atoms with Crippen molar-refractivity contribution in [3.05, 3.63) is 23.9 Å². The molecule has 0 spiro atoms. The van der Waals surface area contributed by atoms with Crippen molar-refractivity contribution >= 4 is 0 Å². The lowest BCUT2D eigenvalue weighted by Crippen LogP contribution is -2.35. The second kappa shape index (κ2) is 7.76. The van der Waals surface area contributed by atoms with E-state index in [4.69, 9.17) is 4.74 Å². The Kier molecular flexibility index (Phi) is 6.00. The lowest BCUT2D eigenvalue weighted by molar-refractivity contribution is 0.179. The smallest absolute Gasteiger partial charge is 0.217 e. The first-order valence-electron chi connectivity index (χ1n) is 8.09. The average Bonchev–Trinajstić information content (AvgIpc) is 2.46. The molecule has 0 saturated carbocycles. The summed E-state index contributed by atoms with van der Waals surface area (Å²) in [6.45, 7) is 11.4. The SMILES string of the molecule is CC(C)(C)NCc1cccnc1OCCN1CCCCC1. The summed E-state index contributed by atoms with van der Waals surface area (Å²) >= 11 is 0. The molecule has 1 aliphatic rings. The number of aromatic nitrogens is 1. The van der Waals surface area contributed by atoms with Crippen molar-refractivity contribution in [1.29, 1.82) is 0 Å². The number of likely N-dealkylation sites (tertiary alicyclic amines) is 1. The third-order valence-corrected chi connectivity index (χ3v) is 3.75. The number of hydrogen-bond donors (Lipinski definition) is 1. The molecule has 0 aromatic carbocycles. The molecule has 118 valence electrons. The predicted molar refractivity (Wildman–Crippen MR) is 86.6 cm³/mol. The Labute approximate surface area is 128 Å². The van der Waals surface area contributed by atoms with Crippen molar-refractivity contribution in [3.63, 3.8) is 0 Å². The Morgan fingerprint density at radius 3 is 2.71 bits per heavy atom. The van der Waals surface area contributed by atoms with E-state index in [0.717, 1.165) is 31.1 Å². The molecule has 0 aliphatic carbocycles. The lowest BCUT2D eigenvalue weighted by atomic mass is 10.1. The molecule has 0 amide bonds. The quantitative estimate of drug-likeness (QED) is 0.874. The number of nitrogens with zero attached hydrogens (tertiary/aromatic N) is 2. The van der Waals surface area contributed by atoms with Gasteiger partial charge in [-0.25, -0.2) is 4.98 Å². The van der Waals surface area contributed by atoms with Crippen LogP contribution < -0.4 is 10.1 Å². The minimum atomic E-state index is 0.0981. The van der Waals surface area contributed by atoms with Crippen molar-refractivity contribution in [2.45, 2.75) is 52.1 Å². The van der Waals surface area contributed by atoms with E-state index in [1.54, 1.807) is 6.20 Å². The van der Waals surface area contributed by atoms with Crippen LogP contribution in [0.15, 0.2) is 18.3 Å². The maximum atomic E-state index is 5.91. The van der Waals surface area contributed by atoms with Gasteiger partial charge in [-0.2, -0.15) is 0 Å². The van der Waals surface area contributed by atoms with Crippen molar-refractivity contribution in [1.82, 2.24) is 15.2 Å². The molecule has 1 N–H and O–H groups in total. The molecule has 0 unspecified atom stereocenters. The number of ether oxygens (including phenoxy) is 1. The number of rotatable bonds is 6. The molecule has 0 radical (unpaired) electrons. The highest BCUT2D eigenvalue weighted by atomic mass is 16.5. The maximum Gasteiger partial charge on any atom is 0.217 e. The number of nitrogens with one attached hydrogen (secondary N) is 1. The summed E-state index contributed by atoms with van der Waals surface area (Å²) in [5, 5.41) is 3.49. The normalized spacial score (nSPS) is 16.9. The highest BCUT2D eigenvalue weighted by Gasteiger charge is 2.13. The van der Waals surface area contributed by atoms with E-state index in [9.17, 15) is 0 Å². The molecule has 1 aromatic heterocycles. The molecule has 0 bridgehead atoms. The zero-order valence-corrected chi connectivity index (χ0v) is 13.7. The molecule has 1 fully saturated rings. The fourth-order valence-corrected chi connectivity index (χ4v) is 2.50. The highest BCUT2D eigenvalue weighted by molar-refractivity contribution is 5.25. The monoisotopic (exact) mass is 291 g/mol. The van der Waals surface area contributed by atoms with Crippen LogP contribution in [0.5, 0.6) is 5.88 Å². The Bertz CT molecular complexity index is 422. The molecule has 1 saturated heterocycles. The third kappa shape index (κ3) is 6.02. The Morgan fingerprint density at radius 2 is 2.00 bits per heavy atom. The van der Waals surface area contributed by atoms with Crippen LogP contribution in [0.1, 0.15) is 45.6 Å². The van der Waals surface area contributed by atoms with Crippen LogP contribution in [0.3, 0.4) is 0 Å². The molecule has 2 rings (SSSR count). The summed E-state index contributed by atoms with van der Waals surface area (Å²) in [7, 11) is 0. The first-order chi connectivity index (χ1) is 10.0. The average molecular weight is 291 g/mol. The van der Waals surface area contributed by atoms with E-state index in [0.29, 0.717) is 0 Å². The van der Waals surface area contributed by atoms with Crippen LogP contribution >= 0.6 is 0 Å². The fourth-order valence-electron chi connectivity index (χ4n) is 2.50. The molecule has 1 aromatic rings. The molecule has 2 heterocycles. The topological polar surface area (TPSA) is 37.4 Å². The van der Waals surface area contributed by atoms with Crippen molar-refractivity contribution in [2.75, 3.05) is 26.2 Å². The standard InChI is InChI=1S/C17H29N3O/c1-17(2,3)19-14-15-8-7-9-18-16(15)21-13-12-20-10-5-4-6-11-20/h7-9,19H,4-6,10-14H2,1-3H3. The van der Waals surface area contributed by atoms with Gasteiger partial charge >= 0.3 is 0 Å². The van der Waals surface area contributed by atoms with Gasteiger partial charge in [-0.3, -0.25) is 4.90 Å². The fraction of sp³-hybridized carbons (Fsp3) is 0.706. The van der Waals surface area contributed by atoms with E-state index in [2.05, 4.69) is 42.0 Å². The summed E-state index contributed by atoms with van der Waals surface area (Å²) in [6.07, 6.45) is 5.83. The molecule has 4 nitrogen and oxygen atoms in total. The predicted octanol–water partition coefficient (Wildman–Crippen LogP) is 2.83. The van der Waals surface area contributed by atoms with Crippen LogP contribution in [-0.2, 0) is 6.54 Å². The number of piperidine rings is 1. The Balaban J connectivity index is 1.81. The van der Waals surface area contributed by atoms with Gasteiger partial charge in [0, 0.05) is 30.4 Å². The third-order valence-electron chi connectivity index (χ3n) is 3.75. The summed E-state index contributed by atoms with van der Waals surface area (Å²) in [5.74, 6) is 0.770. The van der Waals surface area contributed by atoms with Gasteiger partial charge in [0.2, 0.25) is 5.88 Å². The molecular weight excluding hydrogens is 262 g/mol. The van der Waals surface area contributed by atoms with Crippen LogP contribution in [0, 0.1) is 0 Å². The zero-order valence-electron chi connectivity index (χ0n) is 13.7. The lowest BCUT2D eigenvalue weighted by Gasteiger charge is -2.26. The second-order valence-corrected chi connectivity index (χ2v) is 6.82. The zero-order chi connectivity index (χ0) is 15.1. The van der Waals surface area contributed by atoms with Gasteiger partial charge in [0.25, 0.3) is 0 Å². The van der Waals surface area contributed by atoms with E-state index < -0.39 is 0 Å². The van der Waals surface area contributed by atoms with Crippen molar-refractivity contribution in [2.24, 2.45) is 0 Å². The van der Waals surface area contributed by atoms with Crippen LogP contribution in [0.25, 0.3) is 0 Å². The summed E-state index contributed by atoms with van der Waals surface area (Å²) in [5.41, 5.74) is 1.23. The van der Waals surface area contributed by atoms with E-state index >= 15 is 0 Å². The molecule has 0 atom stereocenters. The van der Waals surface area contributed by atoms with Gasteiger partial charge in [-0.05, 0) is 52.8 Å². The number of pyridine rings is 1. The first-order valence-corrected chi connectivity index (χ1v) is 8.09. The summed E-state index contributed by atoms with van der Waals surface area (Å²) < 4.78 is 5.91. The largest absolute Gasteiger partial charge is 0.476 e. The molecular formula is C17H29N3O. The molecule has 4 heteroatoms. The van der Waals surface area contributed by atoms with Gasteiger partial charge in [0.1, 0.15) is 6.61 Å². The highest BCUT2D eigenvalue weighted by Crippen LogP contribution is 2.16. The van der Waals surface area contributed by atoms with Crippen LogP contribution in [0.4, 0.5) is 0 Å². The minimum Gasteiger partial charge on any atom is -0.476 e. The first kappa shape index (κ1) is 16.2. The van der Waals surface area contributed by atoms with Gasteiger partial charge in [0.05, 0.1) is 0 Å². The summed E-state index contributed by atoms with van der Waals surface area (Å²) in [4.78, 5) is 6.87. The van der Waals surface area contributed by atoms with Gasteiger partial charge in [-0.1, -0.05) is 12.5 Å². The Morgan fingerprint density at radius 1 is 1.24 bits per heavy atom. The van der Waals surface area contributed by atoms with Gasteiger partial charge < -0.3 is 10.1 Å². The number of hydrogen-bond acceptors (Lipinski definition) is 4. The van der Waals surface area contributed by atoms with E-state index in [1.807, 2.05) is 6.07 Å². The van der Waals surface area contributed by atoms with Crippen molar-refractivity contribution < 1.29 is 4.74 Å². The van der Waals surface area contributed by atoms with Crippen LogP contribution in [0.2, 0.25) is 0 Å². The van der Waals surface area contributed by atoms with Crippen molar-refractivity contribution in [3.8, 4) is 5.88 Å². The molecule has 1 aliphatic heterocycles. The molecule has 21 heavy (non-hydrogen) atoms. The van der Waals surface area contributed by atoms with Crippen LogP contribution in [-0.4, -0.2) is 41.7 Å². The minimum absolute atomic E-state index is 0.0981. The van der Waals surface area contributed by atoms with E-state index in [-0.39, 0.29) is 5.54 Å². The maximum absolute atomic E-state index is 5.91. The van der Waals surface area contributed by atoms with E-state index in [1.165, 1.54) is 32.4 Å². The second-order valence-electron chi connectivity index (χ2n) is 6.82. The summed E-state index contributed by atoms with van der Waals surface area (Å²) in [6, 6.07) is 4.05. The Hall–Kier alpha value is -1.13.